The van der Waals surface area contributed by atoms with Crippen LogP contribution in [0.25, 0.3) is 0 Å². The maximum Gasteiger partial charge on any atom is 0.254 e. The van der Waals surface area contributed by atoms with Gasteiger partial charge in [0.25, 0.3) is 5.91 Å². The molecule has 1 fully saturated rings. The van der Waals surface area contributed by atoms with E-state index in [0.29, 0.717) is 29.0 Å². The molecule has 25 heavy (non-hydrogen) atoms. The van der Waals surface area contributed by atoms with Gasteiger partial charge >= 0.3 is 0 Å². The molecule has 2 aromatic rings. The van der Waals surface area contributed by atoms with Crippen molar-refractivity contribution in [3.8, 4) is 11.5 Å². The van der Waals surface area contributed by atoms with Gasteiger partial charge in [-0.2, -0.15) is 0 Å². The van der Waals surface area contributed by atoms with E-state index in [-0.39, 0.29) is 24.3 Å². The van der Waals surface area contributed by atoms with Crippen LogP contribution in [0.15, 0.2) is 42.5 Å². The molecule has 1 saturated heterocycles. The van der Waals surface area contributed by atoms with Gasteiger partial charge in [0.2, 0.25) is 0 Å². The van der Waals surface area contributed by atoms with Gasteiger partial charge in [0.05, 0.1) is 26.4 Å². The molecule has 1 aliphatic heterocycles. The first kappa shape index (κ1) is 17.2. The molecule has 0 bridgehead atoms. The highest BCUT2D eigenvalue weighted by Gasteiger charge is 2.36. The van der Waals surface area contributed by atoms with E-state index in [1.165, 1.54) is 26.4 Å². The number of aliphatic hydroxyl groups is 1. The maximum absolute atomic E-state index is 13.6. The van der Waals surface area contributed by atoms with E-state index in [9.17, 15) is 14.3 Å². The molecule has 1 heterocycles. The zero-order valence-electron chi connectivity index (χ0n) is 14.1. The molecule has 1 amide bonds. The van der Waals surface area contributed by atoms with Crippen LogP contribution in [0.1, 0.15) is 28.4 Å². The summed E-state index contributed by atoms with van der Waals surface area (Å²) in [6.07, 6.45) is -0.264. The fourth-order valence-electron chi connectivity index (χ4n) is 3.20. The highest BCUT2D eigenvalue weighted by molar-refractivity contribution is 5.95. The fraction of sp³-hybridized carbons (Fsp3) is 0.316. The van der Waals surface area contributed by atoms with Gasteiger partial charge in [-0.3, -0.25) is 4.79 Å². The maximum atomic E-state index is 13.6. The summed E-state index contributed by atoms with van der Waals surface area (Å²) in [4.78, 5) is 14.5. The number of halogens is 1. The summed E-state index contributed by atoms with van der Waals surface area (Å²) in [7, 11) is 3.03. The van der Waals surface area contributed by atoms with E-state index < -0.39 is 6.10 Å². The first-order valence-electron chi connectivity index (χ1n) is 8.00. The first-order valence-corrected chi connectivity index (χ1v) is 8.00. The number of nitrogens with zero attached hydrogens (tertiary/aromatic N) is 1. The smallest absolute Gasteiger partial charge is 0.254 e. The lowest BCUT2D eigenvalue weighted by atomic mass is 10.0. The van der Waals surface area contributed by atoms with Crippen molar-refractivity contribution >= 4 is 5.91 Å². The van der Waals surface area contributed by atoms with Crippen molar-refractivity contribution < 1.29 is 23.8 Å². The summed E-state index contributed by atoms with van der Waals surface area (Å²) < 4.78 is 24.0. The Morgan fingerprint density at radius 3 is 2.60 bits per heavy atom. The largest absolute Gasteiger partial charge is 0.493 e. The molecule has 0 unspecified atom stereocenters. The molecule has 5 nitrogen and oxygen atoms in total. The van der Waals surface area contributed by atoms with Gasteiger partial charge < -0.3 is 19.5 Å². The van der Waals surface area contributed by atoms with Gasteiger partial charge in [-0.1, -0.05) is 12.1 Å². The Kier molecular flexibility index (Phi) is 4.90. The Morgan fingerprint density at radius 1 is 1.16 bits per heavy atom. The SMILES string of the molecule is COc1ccc(C(=O)N2C[C@H](O)C[C@H]2c2cccc(F)c2)cc1OC. The molecular formula is C19H20FNO4. The second kappa shape index (κ2) is 7.11. The van der Waals surface area contributed by atoms with Gasteiger partial charge in [-0.25, -0.2) is 4.39 Å². The predicted molar refractivity (Wildman–Crippen MR) is 90.3 cm³/mol. The van der Waals surface area contributed by atoms with Crippen LogP contribution in [0.5, 0.6) is 11.5 Å². The number of rotatable bonds is 4. The Labute approximate surface area is 145 Å². The lowest BCUT2D eigenvalue weighted by molar-refractivity contribution is 0.0715. The minimum Gasteiger partial charge on any atom is -0.493 e. The van der Waals surface area contributed by atoms with E-state index in [0.717, 1.165) is 0 Å². The number of amides is 1. The monoisotopic (exact) mass is 345 g/mol. The lowest BCUT2D eigenvalue weighted by Gasteiger charge is -2.25. The summed E-state index contributed by atoms with van der Waals surface area (Å²) in [5, 5.41) is 10.0. The zero-order valence-corrected chi connectivity index (χ0v) is 14.1. The van der Waals surface area contributed by atoms with E-state index in [4.69, 9.17) is 9.47 Å². The minimum absolute atomic E-state index is 0.203. The third kappa shape index (κ3) is 3.44. The van der Waals surface area contributed by atoms with Crippen LogP contribution in [0.3, 0.4) is 0 Å². The second-order valence-corrected chi connectivity index (χ2v) is 5.99. The van der Waals surface area contributed by atoms with Crippen molar-refractivity contribution in [3.05, 3.63) is 59.4 Å². The normalized spacial score (nSPS) is 19.8. The molecule has 1 N–H and O–H groups in total. The highest BCUT2D eigenvalue weighted by Crippen LogP contribution is 2.35. The van der Waals surface area contributed by atoms with Crippen LogP contribution < -0.4 is 9.47 Å². The predicted octanol–water partition coefficient (Wildman–Crippen LogP) is 2.79. The van der Waals surface area contributed by atoms with Crippen molar-refractivity contribution in [1.29, 1.82) is 0 Å². The van der Waals surface area contributed by atoms with Gasteiger partial charge in [-0.15, -0.1) is 0 Å². The molecule has 0 spiro atoms. The van der Waals surface area contributed by atoms with E-state index in [2.05, 4.69) is 0 Å². The standard InChI is InChI=1S/C19H20FNO4/c1-24-17-7-6-13(9-18(17)25-2)19(23)21-11-15(22)10-16(21)12-4-3-5-14(20)8-12/h3-9,15-16,22H,10-11H2,1-2H3/t15-,16+/m1/s1. The van der Waals surface area contributed by atoms with Gasteiger partial charge in [0, 0.05) is 12.1 Å². The second-order valence-electron chi connectivity index (χ2n) is 5.99. The van der Waals surface area contributed by atoms with Gasteiger partial charge in [0.15, 0.2) is 11.5 Å². The minimum atomic E-state index is -0.641. The van der Waals surface area contributed by atoms with E-state index in [1.807, 2.05) is 0 Å². The third-order valence-electron chi connectivity index (χ3n) is 4.40. The molecule has 0 saturated carbocycles. The number of likely N-dealkylation sites (tertiary alicyclic amines) is 1. The number of benzene rings is 2. The van der Waals surface area contributed by atoms with Gasteiger partial charge in [0.1, 0.15) is 5.82 Å². The van der Waals surface area contributed by atoms with Crippen molar-refractivity contribution in [2.45, 2.75) is 18.6 Å². The summed E-state index contributed by atoms with van der Waals surface area (Å²) in [5.41, 5.74) is 1.10. The summed E-state index contributed by atoms with van der Waals surface area (Å²) in [6.45, 7) is 0.203. The van der Waals surface area contributed by atoms with E-state index in [1.54, 1.807) is 35.2 Å². The lowest BCUT2D eigenvalue weighted by Crippen LogP contribution is -2.31. The summed E-state index contributed by atoms with van der Waals surface area (Å²) in [6, 6.07) is 10.7. The Hall–Kier alpha value is -2.60. The van der Waals surface area contributed by atoms with Crippen LogP contribution >= 0.6 is 0 Å². The van der Waals surface area contributed by atoms with Crippen LogP contribution in [-0.2, 0) is 0 Å². The first-order chi connectivity index (χ1) is 12.0. The van der Waals surface area contributed by atoms with Crippen LogP contribution in [0.4, 0.5) is 4.39 Å². The Balaban J connectivity index is 1.92. The Morgan fingerprint density at radius 2 is 1.92 bits per heavy atom. The molecule has 2 aromatic carbocycles. The van der Waals surface area contributed by atoms with Crippen LogP contribution in [0.2, 0.25) is 0 Å². The van der Waals surface area contributed by atoms with Gasteiger partial charge in [-0.05, 0) is 42.3 Å². The van der Waals surface area contributed by atoms with Crippen molar-refractivity contribution in [1.82, 2.24) is 4.90 Å². The topological polar surface area (TPSA) is 59.0 Å². The number of aliphatic hydroxyl groups excluding tert-OH is 1. The Bertz CT molecular complexity index is 780. The highest BCUT2D eigenvalue weighted by atomic mass is 19.1. The van der Waals surface area contributed by atoms with Crippen molar-refractivity contribution in [2.24, 2.45) is 0 Å². The number of hydrogen-bond acceptors (Lipinski definition) is 4. The summed E-state index contributed by atoms with van der Waals surface area (Å²) >= 11 is 0. The molecule has 0 aliphatic carbocycles. The molecule has 1 aliphatic rings. The van der Waals surface area contributed by atoms with E-state index >= 15 is 0 Å². The fourth-order valence-corrected chi connectivity index (χ4v) is 3.20. The molecule has 6 heteroatoms. The number of methoxy groups -OCH3 is 2. The number of ether oxygens (including phenoxy) is 2. The van der Waals surface area contributed by atoms with Crippen LogP contribution in [0, 0.1) is 5.82 Å². The number of β-amino-alcohol motifs (C(OH)–C–C–N with tert-alkyl or cyclic N) is 1. The molecule has 0 aromatic heterocycles. The number of hydrogen-bond donors (Lipinski definition) is 1. The number of carbonyl (C=O) groups excluding carboxylic acids is 1. The number of carbonyl (C=O) groups is 1. The summed E-state index contributed by atoms with van der Waals surface area (Å²) in [5.74, 6) is 0.377. The van der Waals surface area contributed by atoms with Crippen molar-refractivity contribution in [2.75, 3.05) is 20.8 Å². The zero-order chi connectivity index (χ0) is 18.0. The van der Waals surface area contributed by atoms with Crippen molar-refractivity contribution in [3.63, 3.8) is 0 Å². The molecule has 2 atom stereocenters. The average molecular weight is 345 g/mol. The molecular weight excluding hydrogens is 325 g/mol. The average Bonchev–Trinajstić information content (AvgIpc) is 3.02. The molecule has 3 rings (SSSR count). The third-order valence-corrected chi connectivity index (χ3v) is 4.40. The molecule has 0 radical (unpaired) electrons. The quantitative estimate of drug-likeness (QED) is 0.926. The van der Waals surface area contributed by atoms with Crippen LogP contribution in [-0.4, -0.2) is 42.8 Å². The molecule has 132 valence electrons.